The summed E-state index contributed by atoms with van der Waals surface area (Å²) in [5, 5.41) is 0. The molecule has 0 unspecified atom stereocenters. The molecule has 0 saturated carbocycles. The molecule has 1 aromatic carbocycles. The second-order valence-corrected chi connectivity index (χ2v) is 8.81. The molecule has 0 bridgehead atoms. The zero-order valence-electron chi connectivity index (χ0n) is 17.1. The number of hydrogen-bond acceptors (Lipinski definition) is 8. The summed E-state index contributed by atoms with van der Waals surface area (Å²) < 4.78 is 53.5. The molecule has 0 aliphatic carbocycles. The van der Waals surface area contributed by atoms with E-state index in [0.717, 1.165) is 5.56 Å². The summed E-state index contributed by atoms with van der Waals surface area (Å²) >= 11 is 0. The van der Waals surface area contributed by atoms with Gasteiger partial charge >= 0.3 is 15.7 Å². The lowest BCUT2D eigenvalue weighted by atomic mass is 10.0. The lowest BCUT2D eigenvalue weighted by molar-refractivity contribution is -0.173. The highest BCUT2D eigenvalue weighted by Gasteiger charge is 2.45. The highest BCUT2D eigenvalue weighted by molar-refractivity contribution is 7.87. The summed E-state index contributed by atoms with van der Waals surface area (Å²) in [7, 11) is -4.21. The number of aryl methyl sites for hydroxylation is 3. The molecule has 8 nitrogen and oxygen atoms in total. The zero-order valence-corrected chi connectivity index (χ0v) is 17.9. The number of hydrogen-bond donors (Lipinski definition) is 0. The van der Waals surface area contributed by atoms with Crippen molar-refractivity contribution in [1.82, 2.24) is 0 Å². The third-order valence-electron chi connectivity index (χ3n) is 4.96. The summed E-state index contributed by atoms with van der Waals surface area (Å²) in [5.41, 5.74) is -0.00577. The topological polar surface area (TPSA) is 105 Å². The van der Waals surface area contributed by atoms with Crippen LogP contribution in [0.1, 0.15) is 29.1 Å². The van der Waals surface area contributed by atoms with E-state index in [9.17, 15) is 13.2 Å². The Hall–Kier alpha value is -2.88. The Labute approximate surface area is 179 Å². The highest BCUT2D eigenvalue weighted by atomic mass is 32.2. The molecule has 2 aromatic heterocycles. The Morgan fingerprint density at radius 2 is 1.77 bits per heavy atom. The van der Waals surface area contributed by atoms with Gasteiger partial charge in [0.05, 0.1) is 19.5 Å². The summed E-state index contributed by atoms with van der Waals surface area (Å²) in [5.74, 6) is -0.832. The van der Waals surface area contributed by atoms with Crippen LogP contribution >= 0.6 is 0 Å². The van der Waals surface area contributed by atoms with E-state index in [1.807, 2.05) is 6.92 Å². The maximum atomic E-state index is 12.9. The van der Waals surface area contributed by atoms with E-state index in [0.29, 0.717) is 12.2 Å². The fourth-order valence-electron chi connectivity index (χ4n) is 3.48. The van der Waals surface area contributed by atoms with Gasteiger partial charge in [0.1, 0.15) is 22.0 Å². The van der Waals surface area contributed by atoms with Crippen LogP contribution in [0.4, 0.5) is 0 Å². The average Bonchev–Trinajstić information content (AvgIpc) is 3.38. The van der Waals surface area contributed by atoms with Gasteiger partial charge in [0.25, 0.3) is 0 Å². The highest BCUT2D eigenvalue weighted by Crippen LogP contribution is 2.40. The molecule has 0 spiro atoms. The summed E-state index contributed by atoms with van der Waals surface area (Å²) in [6, 6.07) is 11.1. The van der Waals surface area contributed by atoms with Crippen molar-refractivity contribution in [3.63, 3.8) is 0 Å². The van der Waals surface area contributed by atoms with E-state index in [-0.39, 0.29) is 41.6 Å². The van der Waals surface area contributed by atoms with Gasteiger partial charge in [-0.1, -0.05) is 17.7 Å². The van der Waals surface area contributed by atoms with Crippen LogP contribution in [0.15, 0.2) is 67.3 Å². The molecule has 31 heavy (non-hydrogen) atoms. The molecule has 0 amide bonds. The van der Waals surface area contributed by atoms with Crippen LogP contribution in [0.25, 0.3) is 0 Å². The van der Waals surface area contributed by atoms with E-state index >= 15 is 0 Å². The maximum absolute atomic E-state index is 12.9. The van der Waals surface area contributed by atoms with E-state index in [1.165, 1.54) is 25.1 Å². The van der Waals surface area contributed by atoms with E-state index in [1.54, 1.807) is 30.5 Å². The first-order valence-electron chi connectivity index (χ1n) is 9.76. The summed E-state index contributed by atoms with van der Waals surface area (Å²) in [6.45, 7) is 3.84. The smallest absolute Gasteiger partial charge is 0.348 e. The van der Waals surface area contributed by atoms with Gasteiger partial charge in [0.15, 0.2) is 5.75 Å². The number of benzene rings is 1. The Morgan fingerprint density at radius 1 is 1.06 bits per heavy atom. The van der Waals surface area contributed by atoms with Gasteiger partial charge in [0.2, 0.25) is 5.79 Å². The Morgan fingerprint density at radius 3 is 2.42 bits per heavy atom. The SMILES string of the molecule is Cc1ccc(S(=O)(=O)Oc2cc(C)oc(=O)c2C2(CCc3ccco3)OCCO2)cc1. The lowest BCUT2D eigenvalue weighted by Gasteiger charge is -2.27. The summed E-state index contributed by atoms with van der Waals surface area (Å²) in [6.07, 6.45) is 2.14. The molecule has 0 atom stereocenters. The Kier molecular flexibility index (Phi) is 5.74. The first-order valence-corrected chi connectivity index (χ1v) is 11.2. The van der Waals surface area contributed by atoms with Crippen LogP contribution in [0.2, 0.25) is 0 Å². The third kappa shape index (κ3) is 4.43. The van der Waals surface area contributed by atoms with Crippen molar-refractivity contribution in [3.05, 3.63) is 81.8 Å². The van der Waals surface area contributed by atoms with Crippen molar-refractivity contribution in [2.75, 3.05) is 13.2 Å². The van der Waals surface area contributed by atoms with Crippen LogP contribution in [-0.2, 0) is 31.8 Å². The van der Waals surface area contributed by atoms with Gasteiger partial charge in [-0.2, -0.15) is 8.42 Å². The van der Waals surface area contributed by atoms with Crippen LogP contribution in [-0.4, -0.2) is 21.6 Å². The molecule has 1 fully saturated rings. The van der Waals surface area contributed by atoms with Crippen molar-refractivity contribution in [2.45, 2.75) is 37.4 Å². The van der Waals surface area contributed by atoms with Gasteiger partial charge in [-0.3, -0.25) is 0 Å². The minimum absolute atomic E-state index is 0.0344. The van der Waals surface area contributed by atoms with Crippen LogP contribution < -0.4 is 9.81 Å². The number of ether oxygens (including phenoxy) is 2. The predicted octanol–water partition coefficient (Wildman–Crippen LogP) is 3.45. The van der Waals surface area contributed by atoms with E-state index in [4.69, 9.17) is 22.5 Å². The standard InChI is InChI=1S/C22H22O8S/c1-15-5-7-18(8-6-15)31(24,25)30-19-14-16(2)29-21(23)20(19)22(27-12-13-28-22)10-9-17-4-3-11-26-17/h3-8,11,14H,9-10,12-13H2,1-2H3. The molecule has 9 heteroatoms. The molecule has 164 valence electrons. The van der Waals surface area contributed by atoms with Gasteiger partial charge < -0.3 is 22.5 Å². The van der Waals surface area contributed by atoms with E-state index < -0.39 is 21.5 Å². The second kappa shape index (κ2) is 8.33. The second-order valence-electron chi connectivity index (χ2n) is 7.26. The molecule has 0 N–H and O–H groups in total. The normalized spacial score (nSPS) is 15.8. The van der Waals surface area contributed by atoms with Crippen molar-refractivity contribution < 1.29 is 30.9 Å². The third-order valence-corrected chi connectivity index (χ3v) is 6.21. The van der Waals surface area contributed by atoms with Crippen molar-refractivity contribution in [3.8, 4) is 5.75 Å². The lowest BCUT2D eigenvalue weighted by Crippen LogP contribution is -2.35. The van der Waals surface area contributed by atoms with Gasteiger partial charge in [-0.25, -0.2) is 4.79 Å². The van der Waals surface area contributed by atoms with Crippen LogP contribution in [0.3, 0.4) is 0 Å². The molecule has 1 aliphatic rings. The molecule has 1 saturated heterocycles. The number of rotatable bonds is 7. The molecule has 3 aromatic rings. The minimum Gasteiger partial charge on any atom is -0.469 e. The molecule has 0 radical (unpaired) electrons. The quantitative estimate of drug-likeness (QED) is 0.508. The van der Waals surface area contributed by atoms with Gasteiger partial charge in [-0.15, -0.1) is 0 Å². The largest absolute Gasteiger partial charge is 0.469 e. The van der Waals surface area contributed by atoms with Crippen LogP contribution in [0, 0.1) is 13.8 Å². The van der Waals surface area contributed by atoms with Crippen molar-refractivity contribution in [1.29, 1.82) is 0 Å². The molecular weight excluding hydrogens is 424 g/mol. The fraction of sp³-hybridized carbons (Fsp3) is 0.318. The Balaban J connectivity index is 1.75. The monoisotopic (exact) mass is 446 g/mol. The van der Waals surface area contributed by atoms with Gasteiger partial charge in [-0.05, 0) is 38.1 Å². The molecule has 3 heterocycles. The molecular formula is C22H22O8S. The van der Waals surface area contributed by atoms with Crippen LogP contribution in [0.5, 0.6) is 5.75 Å². The van der Waals surface area contributed by atoms with E-state index in [2.05, 4.69) is 0 Å². The summed E-state index contributed by atoms with van der Waals surface area (Å²) in [4.78, 5) is 12.8. The molecule has 1 aliphatic heterocycles. The maximum Gasteiger partial charge on any atom is 0.348 e. The fourth-order valence-corrected chi connectivity index (χ4v) is 4.41. The number of furan rings is 1. The predicted molar refractivity (Wildman–Crippen MR) is 109 cm³/mol. The first-order chi connectivity index (χ1) is 14.8. The van der Waals surface area contributed by atoms with Crippen molar-refractivity contribution in [2.24, 2.45) is 0 Å². The minimum atomic E-state index is -4.21. The Bertz CT molecular complexity index is 1200. The van der Waals surface area contributed by atoms with Gasteiger partial charge in [0, 0.05) is 18.9 Å². The van der Waals surface area contributed by atoms with Crippen molar-refractivity contribution >= 4 is 10.1 Å². The average molecular weight is 446 g/mol. The zero-order chi connectivity index (χ0) is 22.1. The molecule has 4 rings (SSSR count). The first kappa shape index (κ1) is 21.4.